The fourth-order valence-electron chi connectivity index (χ4n) is 1.78. The Bertz CT molecular complexity index is 453. The number of hydrogen-bond acceptors (Lipinski definition) is 4. The zero-order valence-corrected chi connectivity index (χ0v) is 10.7. The molecule has 2 rings (SSSR count). The molecule has 4 heteroatoms. The molecule has 1 aromatic carbocycles. The summed E-state index contributed by atoms with van der Waals surface area (Å²) in [6, 6.07) is 10.5. The van der Waals surface area contributed by atoms with Gasteiger partial charge in [0, 0.05) is 6.42 Å². The van der Waals surface area contributed by atoms with Crippen LogP contribution >= 0.6 is 0 Å². The van der Waals surface area contributed by atoms with E-state index < -0.39 is 0 Å². The van der Waals surface area contributed by atoms with Gasteiger partial charge in [0.2, 0.25) is 11.8 Å². The molecule has 0 aliphatic heterocycles. The second-order valence-electron chi connectivity index (χ2n) is 4.21. The molecule has 1 aromatic heterocycles. The van der Waals surface area contributed by atoms with Crippen LogP contribution in [0.4, 0.5) is 0 Å². The third kappa shape index (κ3) is 3.96. The first-order valence-corrected chi connectivity index (χ1v) is 6.44. The Morgan fingerprint density at radius 1 is 1.06 bits per heavy atom. The molecule has 0 spiro atoms. The SMILES string of the molecule is CCNCc1nnc(CCCc2ccccc2)o1. The van der Waals surface area contributed by atoms with Crippen molar-refractivity contribution in [2.75, 3.05) is 6.54 Å². The number of nitrogens with one attached hydrogen (secondary N) is 1. The van der Waals surface area contributed by atoms with Crippen LogP contribution in [0, 0.1) is 0 Å². The molecule has 1 N–H and O–H groups in total. The summed E-state index contributed by atoms with van der Waals surface area (Å²) >= 11 is 0. The Balaban J connectivity index is 1.75. The molecule has 2 aromatic rings. The summed E-state index contributed by atoms with van der Waals surface area (Å²) < 4.78 is 5.54. The lowest BCUT2D eigenvalue weighted by atomic mass is 10.1. The minimum atomic E-state index is 0.655. The van der Waals surface area contributed by atoms with Gasteiger partial charge in [-0.1, -0.05) is 37.3 Å². The molecule has 0 saturated carbocycles. The summed E-state index contributed by atoms with van der Waals surface area (Å²) in [5.41, 5.74) is 1.35. The third-order valence-corrected chi connectivity index (χ3v) is 2.73. The summed E-state index contributed by atoms with van der Waals surface area (Å²) in [5.74, 6) is 1.41. The summed E-state index contributed by atoms with van der Waals surface area (Å²) in [4.78, 5) is 0. The summed E-state index contributed by atoms with van der Waals surface area (Å²) in [7, 11) is 0. The maximum absolute atomic E-state index is 5.54. The van der Waals surface area contributed by atoms with E-state index in [1.54, 1.807) is 0 Å². The lowest BCUT2D eigenvalue weighted by Crippen LogP contribution is -2.11. The molecule has 0 unspecified atom stereocenters. The summed E-state index contributed by atoms with van der Waals surface area (Å²) in [6.07, 6.45) is 2.92. The van der Waals surface area contributed by atoms with Gasteiger partial charge < -0.3 is 9.73 Å². The molecule has 96 valence electrons. The second kappa shape index (κ2) is 6.91. The Kier molecular flexibility index (Phi) is 4.90. The number of aromatic nitrogens is 2. The molecule has 18 heavy (non-hydrogen) atoms. The molecule has 1 heterocycles. The minimum Gasteiger partial charge on any atom is -0.424 e. The standard InChI is InChI=1S/C14H19N3O/c1-2-15-11-14-17-16-13(18-14)10-6-9-12-7-4-3-5-8-12/h3-5,7-8,15H,2,6,9-11H2,1H3. The van der Waals surface area contributed by atoms with Crippen LogP contribution in [0.3, 0.4) is 0 Å². The van der Waals surface area contributed by atoms with Crippen molar-refractivity contribution in [1.82, 2.24) is 15.5 Å². The highest BCUT2D eigenvalue weighted by molar-refractivity contribution is 5.14. The monoisotopic (exact) mass is 245 g/mol. The van der Waals surface area contributed by atoms with Crippen LogP contribution in [0.5, 0.6) is 0 Å². The van der Waals surface area contributed by atoms with E-state index in [0.29, 0.717) is 12.4 Å². The topological polar surface area (TPSA) is 51.0 Å². The van der Waals surface area contributed by atoms with Crippen molar-refractivity contribution in [3.05, 3.63) is 47.7 Å². The van der Waals surface area contributed by atoms with Gasteiger partial charge in [-0.3, -0.25) is 0 Å². The Morgan fingerprint density at radius 3 is 2.61 bits per heavy atom. The molecule has 0 atom stereocenters. The van der Waals surface area contributed by atoms with Crippen LogP contribution in [0.1, 0.15) is 30.7 Å². The van der Waals surface area contributed by atoms with Crippen LogP contribution in [-0.4, -0.2) is 16.7 Å². The molecule has 0 fully saturated rings. The van der Waals surface area contributed by atoms with Gasteiger partial charge in [0.15, 0.2) is 0 Å². The first-order valence-electron chi connectivity index (χ1n) is 6.44. The first kappa shape index (κ1) is 12.8. The van der Waals surface area contributed by atoms with E-state index in [-0.39, 0.29) is 0 Å². The highest BCUT2D eigenvalue weighted by Gasteiger charge is 2.05. The van der Waals surface area contributed by atoms with Crippen molar-refractivity contribution in [2.24, 2.45) is 0 Å². The smallest absolute Gasteiger partial charge is 0.230 e. The number of benzene rings is 1. The average Bonchev–Trinajstić information content (AvgIpc) is 2.85. The quantitative estimate of drug-likeness (QED) is 0.813. The zero-order valence-electron chi connectivity index (χ0n) is 10.7. The molecule has 0 bridgehead atoms. The van der Waals surface area contributed by atoms with Crippen molar-refractivity contribution in [1.29, 1.82) is 0 Å². The summed E-state index contributed by atoms with van der Waals surface area (Å²) in [5, 5.41) is 11.2. The molecule has 0 aliphatic carbocycles. The van der Waals surface area contributed by atoms with Gasteiger partial charge in [-0.15, -0.1) is 10.2 Å². The Labute approximate surface area is 107 Å². The number of aryl methyl sites for hydroxylation is 2. The van der Waals surface area contributed by atoms with Crippen LogP contribution in [0.25, 0.3) is 0 Å². The predicted octanol–water partition coefficient (Wildman–Crippen LogP) is 2.35. The van der Waals surface area contributed by atoms with Crippen molar-refractivity contribution in [3.8, 4) is 0 Å². The lowest BCUT2D eigenvalue weighted by Gasteiger charge is -1.98. The number of nitrogens with zero attached hydrogens (tertiary/aromatic N) is 2. The fraction of sp³-hybridized carbons (Fsp3) is 0.429. The van der Waals surface area contributed by atoms with Gasteiger partial charge in [0.1, 0.15) is 0 Å². The van der Waals surface area contributed by atoms with Crippen molar-refractivity contribution < 1.29 is 4.42 Å². The largest absolute Gasteiger partial charge is 0.424 e. The molecule has 0 aliphatic rings. The number of hydrogen-bond donors (Lipinski definition) is 1. The van der Waals surface area contributed by atoms with E-state index in [2.05, 4.69) is 46.7 Å². The minimum absolute atomic E-state index is 0.655. The molecular formula is C14H19N3O. The van der Waals surface area contributed by atoms with Gasteiger partial charge in [-0.25, -0.2) is 0 Å². The van der Waals surface area contributed by atoms with Crippen LogP contribution in [-0.2, 0) is 19.4 Å². The van der Waals surface area contributed by atoms with Gasteiger partial charge in [-0.05, 0) is 24.9 Å². The highest BCUT2D eigenvalue weighted by Crippen LogP contribution is 2.07. The van der Waals surface area contributed by atoms with E-state index in [9.17, 15) is 0 Å². The maximum atomic E-state index is 5.54. The second-order valence-corrected chi connectivity index (χ2v) is 4.21. The van der Waals surface area contributed by atoms with Gasteiger partial charge in [0.25, 0.3) is 0 Å². The highest BCUT2D eigenvalue weighted by atomic mass is 16.4. The fourth-order valence-corrected chi connectivity index (χ4v) is 1.78. The van der Waals surface area contributed by atoms with E-state index in [0.717, 1.165) is 31.7 Å². The molecule has 0 saturated heterocycles. The predicted molar refractivity (Wildman–Crippen MR) is 70.1 cm³/mol. The normalized spacial score (nSPS) is 10.7. The maximum Gasteiger partial charge on any atom is 0.230 e. The van der Waals surface area contributed by atoms with E-state index >= 15 is 0 Å². The van der Waals surface area contributed by atoms with Gasteiger partial charge in [-0.2, -0.15) is 0 Å². The average molecular weight is 245 g/mol. The van der Waals surface area contributed by atoms with Crippen LogP contribution in [0.15, 0.2) is 34.7 Å². The van der Waals surface area contributed by atoms with Crippen LogP contribution < -0.4 is 5.32 Å². The summed E-state index contributed by atoms with van der Waals surface area (Å²) in [6.45, 7) is 3.62. The van der Waals surface area contributed by atoms with Crippen molar-refractivity contribution in [2.45, 2.75) is 32.7 Å². The Hall–Kier alpha value is -1.68. The zero-order chi connectivity index (χ0) is 12.6. The lowest BCUT2D eigenvalue weighted by molar-refractivity contribution is 0.431. The van der Waals surface area contributed by atoms with E-state index in [1.165, 1.54) is 5.56 Å². The molecule has 4 nitrogen and oxygen atoms in total. The molecule has 0 radical (unpaired) electrons. The van der Waals surface area contributed by atoms with Gasteiger partial charge >= 0.3 is 0 Å². The molecule has 0 amide bonds. The number of rotatable bonds is 7. The van der Waals surface area contributed by atoms with Crippen LogP contribution in [0.2, 0.25) is 0 Å². The third-order valence-electron chi connectivity index (χ3n) is 2.73. The van der Waals surface area contributed by atoms with E-state index in [4.69, 9.17) is 4.42 Å². The van der Waals surface area contributed by atoms with Crippen molar-refractivity contribution >= 4 is 0 Å². The Morgan fingerprint density at radius 2 is 1.83 bits per heavy atom. The first-order chi connectivity index (χ1) is 8.88. The van der Waals surface area contributed by atoms with Gasteiger partial charge in [0.05, 0.1) is 6.54 Å². The van der Waals surface area contributed by atoms with Crippen molar-refractivity contribution in [3.63, 3.8) is 0 Å². The molecular weight excluding hydrogens is 226 g/mol. The van der Waals surface area contributed by atoms with E-state index in [1.807, 2.05) is 6.07 Å².